The van der Waals surface area contributed by atoms with Crippen molar-refractivity contribution in [2.75, 3.05) is 29.3 Å². The van der Waals surface area contributed by atoms with Gasteiger partial charge in [-0.05, 0) is 0 Å². The molecule has 0 N–H and O–H groups in total. The molecule has 0 atom stereocenters. The van der Waals surface area contributed by atoms with Gasteiger partial charge in [-0.2, -0.15) is 16.1 Å². The molecule has 1 heterocycles. The molecule has 0 unspecified atom stereocenters. The van der Waals surface area contributed by atoms with Crippen LogP contribution in [0.5, 0.6) is 0 Å². The van der Waals surface area contributed by atoms with Gasteiger partial charge in [0.1, 0.15) is 4.66 Å². The van der Waals surface area contributed by atoms with Gasteiger partial charge in [0.15, 0.2) is 0 Å². The SMILES string of the molecule is O=S(=O)(CBr)N1CCSCC1. The smallest absolute Gasteiger partial charge is 0.211 e. The Morgan fingerprint density at radius 1 is 1.36 bits per heavy atom. The minimum absolute atomic E-state index is 0.0463. The van der Waals surface area contributed by atoms with E-state index in [0.717, 1.165) is 11.5 Å². The topological polar surface area (TPSA) is 37.4 Å². The zero-order valence-electron chi connectivity index (χ0n) is 5.99. The van der Waals surface area contributed by atoms with E-state index in [1.165, 1.54) is 4.31 Å². The Kier molecular flexibility index (Phi) is 3.67. The zero-order valence-corrected chi connectivity index (χ0v) is 9.21. The van der Waals surface area contributed by atoms with Crippen molar-refractivity contribution >= 4 is 37.7 Å². The monoisotopic (exact) mass is 259 g/mol. The molecule has 66 valence electrons. The Bertz CT molecular complexity index is 211. The Hall–Kier alpha value is 0.740. The first kappa shape index (κ1) is 9.83. The molecule has 0 aromatic rings. The van der Waals surface area contributed by atoms with Crippen molar-refractivity contribution < 1.29 is 8.42 Å². The molecule has 1 rings (SSSR count). The molecule has 0 aromatic heterocycles. The molecule has 0 bridgehead atoms. The summed E-state index contributed by atoms with van der Waals surface area (Å²) in [7, 11) is -2.98. The lowest BCUT2D eigenvalue weighted by atomic mass is 10.6. The van der Waals surface area contributed by atoms with Gasteiger partial charge in [-0.15, -0.1) is 0 Å². The standard InChI is InChI=1S/C5H10BrNO2S2/c6-5-11(8,9)7-1-3-10-4-2-7/h1-5H2. The van der Waals surface area contributed by atoms with Crippen molar-refractivity contribution in [3.05, 3.63) is 0 Å². The molecule has 0 aliphatic carbocycles. The third-order valence-corrected chi connectivity index (χ3v) is 5.61. The minimum Gasteiger partial charge on any atom is -0.211 e. The van der Waals surface area contributed by atoms with Crippen molar-refractivity contribution in [1.29, 1.82) is 0 Å². The lowest BCUT2D eigenvalue weighted by Gasteiger charge is -2.24. The number of thioether (sulfide) groups is 1. The van der Waals surface area contributed by atoms with Gasteiger partial charge in [0.05, 0.1) is 0 Å². The van der Waals surface area contributed by atoms with Gasteiger partial charge in [-0.3, -0.25) is 0 Å². The zero-order chi connectivity index (χ0) is 8.32. The predicted molar refractivity (Wildman–Crippen MR) is 51.6 cm³/mol. The normalized spacial score (nSPS) is 21.9. The molecule has 1 aliphatic rings. The van der Waals surface area contributed by atoms with Crippen LogP contribution < -0.4 is 0 Å². The first-order valence-electron chi connectivity index (χ1n) is 3.28. The van der Waals surface area contributed by atoms with E-state index >= 15 is 0 Å². The molecule has 0 spiro atoms. The summed E-state index contributed by atoms with van der Waals surface area (Å²) in [5.74, 6) is 1.85. The highest BCUT2D eigenvalue weighted by Gasteiger charge is 2.22. The largest absolute Gasteiger partial charge is 0.224 e. The van der Waals surface area contributed by atoms with Crippen LogP contribution in [0.15, 0.2) is 0 Å². The molecular formula is C5H10BrNO2S2. The Morgan fingerprint density at radius 3 is 2.36 bits per heavy atom. The van der Waals surface area contributed by atoms with Crippen LogP contribution in [0.4, 0.5) is 0 Å². The molecular weight excluding hydrogens is 250 g/mol. The van der Waals surface area contributed by atoms with Crippen LogP contribution in [0.1, 0.15) is 0 Å². The van der Waals surface area contributed by atoms with Crippen LogP contribution in [-0.4, -0.2) is 42.0 Å². The van der Waals surface area contributed by atoms with Crippen molar-refractivity contribution in [1.82, 2.24) is 4.31 Å². The van der Waals surface area contributed by atoms with E-state index in [4.69, 9.17) is 0 Å². The quantitative estimate of drug-likeness (QED) is 0.686. The number of nitrogens with zero attached hydrogens (tertiary/aromatic N) is 1. The van der Waals surface area contributed by atoms with Crippen molar-refractivity contribution in [2.24, 2.45) is 0 Å². The second-order valence-electron chi connectivity index (χ2n) is 2.23. The molecule has 6 heteroatoms. The molecule has 1 fully saturated rings. The second-order valence-corrected chi connectivity index (χ2v) is 6.73. The summed E-state index contributed by atoms with van der Waals surface area (Å²) in [4.78, 5) is 0. The number of alkyl halides is 1. The highest BCUT2D eigenvalue weighted by Crippen LogP contribution is 2.14. The number of halogens is 1. The molecule has 1 aliphatic heterocycles. The third kappa shape index (κ3) is 2.61. The molecule has 0 amide bonds. The predicted octanol–water partition coefficient (Wildman–Crippen LogP) is 0.717. The maximum absolute atomic E-state index is 11.2. The van der Waals surface area contributed by atoms with Gasteiger partial charge < -0.3 is 0 Å². The van der Waals surface area contributed by atoms with E-state index in [2.05, 4.69) is 15.9 Å². The van der Waals surface area contributed by atoms with Gasteiger partial charge in [0.2, 0.25) is 10.0 Å². The van der Waals surface area contributed by atoms with Crippen LogP contribution in [0.25, 0.3) is 0 Å². The van der Waals surface area contributed by atoms with Crippen LogP contribution in [0.3, 0.4) is 0 Å². The summed E-state index contributed by atoms with van der Waals surface area (Å²) < 4.78 is 24.0. The van der Waals surface area contributed by atoms with E-state index in [1.807, 2.05) is 0 Å². The number of hydrogen-bond acceptors (Lipinski definition) is 3. The van der Waals surface area contributed by atoms with Crippen LogP contribution in [0, 0.1) is 0 Å². The number of rotatable bonds is 2. The Balaban J connectivity index is 2.58. The maximum Gasteiger partial charge on any atom is 0.224 e. The Morgan fingerprint density at radius 2 is 1.91 bits per heavy atom. The number of hydrogen-bond donors (Lipinski definition) is 0. The molecule has 0 aromatic carbocycles. The second kappa shape index (κ2) is 4.11. The first-order chi connectivity index (χ1) is 5.17. The van der Waals surface area contributed by atoms with Crippen molar-refractivity contribution in [3.63, 3.8) is 0 Å². The fraction of sp³-hybridized carbons (Fsp3) is 1.00. The van der Waals surface area contributed by atoms with Crippen molar-refractivity contribution in [3.8, 4) is 0 Å². The summed E-state index contributed by atoms with van der Waals surface area (Å²) >= 11 is 4.77. The van der Waals surface area contributed by atoms with E-state index < -0.39 is 10.0 Å². The minimum atomic E-state index is -2.98. The lowest BCUT2D eigenvalue weighted by Crippen LogP contribution is -2.38. The lowest BCUT2D eigenvalue weighted by molar-refractivity contribution is 0.447. The summed E-state index contributed by atoms with van der Waals surface area (Å²) in [6.45, 7) is 1.33. The van der Waals surface area contributed by atoms with E-state index in [1.54, 1.807) is 11.8 Å². The fourth-order valence-electron chi connectivity index (χ4n) is 0.894. The molecule has 1 saturated heterocycles. The highest BCUT2D eigenvalue weighted by atomic mass is 79.9. The van der Waals surface area contributed by atoms with Gasteiger partial charge in [-0.1, -0.05) is 15.9 Å². The molecule has 0 saturated carbocycles. The molecule has 3 nitrogen and oxygen atoms in total. The highest BCUT2D eigenvalue weighted by molar-refractivity contribution is 9.10. The van der Waals surface area contributed by atoms with E-state index in [-0.39, 0.29) is 4.66 Å². The van der Waals surface area contributed by atoms with Crippen LogP contribution in [-0.2, 0) is 10.0 Å². The summed E-state index contributed by atoms with van der Waals surface area (Å²) in [6, 6.07) is 0. The van der Waals surface area contributed by atoms with Gasteiger partial charge in [-0.25, -0.2) is 8.42 Å². The first-order valence-corrected chi connectivity index (χ1v) is 7.17. The van der Waals surface area contributed by atoms with E-state index in [0.29, 0.717) is 13.1 Å². The maximum atomic E-state index is 11.2. The van der Waals surface area contributed by atoms with Crippen molar-refractivity contribution in [2.45, 2.75) is 0 Å². The summed E-state index contributed by atoms with van der Waals surface area (Å²) in [5, 5.41) is 0. The van der Waals surface area contributed by atoms with E-state index in [9.17, 15) is 8.42 Å². The third-order valence-electron chi connectivity index (χ3n) is 1.50. The van der Waals surface area contributed by atoms with Gasteiger partial charge in [0.25, 0.3) is 0 Å². The van der Waals surface area contributed by atoms with Gasteiger partial charge >= 0.3 is 0 Å². The average molecular weight is 260 g/mol. The average Bonchev–Trinajstić information content (AvgIpc) is 2.06. The number of sulfonamides is 1. The summed E-state index contributed by atoms with van der Waals surface area (Å²) in [5.41, 5.74) is 0. The Labute approximate surface area is 79.7 Å². The molecule has 11 heavy (non-hydrogen) atoms. The molecule has 0 radical (unpaired) electrons. The van der Waals surface area contributed by atoms with Crippen LogP contribution in [0.2, 0.25) is 0 Å². The fourth-order valence-corrected chi connectivity index (χ4v) is 3.77. The van der Waals surface area contributed by atoms with Crippen LogP contribution >= 0.6 is 27.7 Å². The van der Waals surface area contributed by atoms with Gasteiger partial charge in [0, 0.05) is 24.6 Å². The summed E-state index contributed by atoms with van der Waals surface area (Å²) in [6.07, 6.45) is 0.